The van der Waals surface area contributed by atoms with Gasteiger partial charge in [-0.3, -0.25) is 9.48 Å². The lowest BCUT2D eigenvalue weighted by Crippen LogP contribution is -2.15. The number of pyridine rings is 1. The molecule has 0 unspecified atom stereocenters. The summed E-state index contributed by atoms with van der Waals surface area (Å²) in [6.45, 7) is 0. The maximum Gasteiger partial charge on any atom is 0.276 e. The molecular weight excluding hydrogens is 356 g/mol. The van der Waals surface area contributed by atoms with E-state index in [2.05, 4.69) is 20.7 Å². The third kappa shape index (κ3) is 3.57. The number of benzene rings is 1. The van der Waals surface area contributed by atoms with Crippen molar-refractivity contribution in [2.75, 3.05) is 24.8 Å². The summed E-state index contributed by atoms with van der Waals surface area (Å²) < 4.78 is 34.1. The summed E-state index contributed by atoms with van der Waals surface area (Å²) in [6.07, 6.45) is 1.58. The van der Waals surface area contributed by atoms with Gasteiger partial charge < -0.3 is 15.4 Å². The number of para-hydroxylation sites is 1. The third-order valence-electron chi connectivity index (χ3n) is 3.95. The lowest BCUT2D eigenvalue weighted by molar-refractivity contribution is 0.102. The normalized spacial score (nSPS) is 10.6. The molecule has 0 atom stereocenters. The van der Waals surface area contributed by atoms with Crippen LogP contribution in [0.5, 0.6) is 5.88 Å². The Bertz CT molecular complexity index is 983. The molecule has 3 rings (SSSR count). The first-order chi connectivity index (χ1) is 12.9. The summed E-state index contributed by atoms with van der Waals surface area (Å²) in [4.78, 5) is 16.6. The van der Waals surface area contributed by atoms with Gasteiger partial charge in [-0.05, 0) is 18.2 Å². The van der Waals surface area contributed by atoms with Crippen LogP contribution in [0.4, 0.5) is 20.2 Å². The number of aryl methyl sites for hydroxylation is 1. The predicted molar refractivity (Wildman–Crippen MR) is 96.8 cm³/mol. The van der Waals surface area contributed by atoms with Crippen molar-refractivity contribution in [3.63, 3.8) is 0 Å². The second kappa shape index (κ2) is 7.40. The van der Waals surface area contributed by atoms with Gasteiger partial charge in [0.25, 0.3) is 5.91 Å². The van der Waals surface area contributed by atoms with E-state index < -0.39 is 23.2 Å². The number of halogens is 2. The van der Waals surface area contributed by atoms with Crippen LogP contribution >= 0.6 is 0 Å². The number of rotatable bonds is 5. The minimum Gasteiger partial charge on any atom is -0.481 e. The maximum absolute atomic E-state index is 13.7. The highest BCUT2D eigenvalue weighted by Gasteiger charge is 2.19. The Morgan fingerprint density at radius 2 is 1.93 bits per heavy atom. The summed E-state index contributed by atoms with van der Waals surface area (Å²) in [6, 6.07) is 6.56. The Kier molecular flexibility index (Phi) is 5.02. The molecular formula is C18H17F2N5O2. The highest BCUT2D eigenvalue weighted by atomic mass is 19.1. The molecule has 27 heavy (non-hydrogen) atoms. The summed E-state index contributed by atoms with van der Waals surface area (Å²) in [5.41, 5.74) is 1.49. The summed E-state index contributed by atoms with van der Waals surface area (Å²) >= 11 is 0. The smallest absolute Gasteiger partial charge is 0.276 e. The Balaban J connectivity index is 1.94. The van der Waals surface area contributed by atoms with Crippen molar-refractivity contribution in [1.82, 2.24) is 14.8 Å². The van der Waals surface area contributed by atoms with Crippen molar-refractivity contribution in [3.05, 3.63) is 53.9 Å². The van der Waals surface area contributed by atoms with E-state index in [9.17, 15) is 13.6 Å². The molecule has 0 aliphatic heterocycles. The van der Waals surface area contributed by atoms with Crippen molar-refractivity contribution in [2.45, 2.75) is 0 Å². The van der Waals surface area contributed by atoms with E-state index in [1.807, 2.05) is 0 Å². The lowest BCUT2D eigenvalue weighted by atomic mass is 10.1. The van der Waals surface area contributed by atoms with Crippen LogP contribution in [0.25, 0.3) is 11.3 Å². The van der Waals surface area contributed by atoms with Crippen LogP contribution in [0.1, 0.15) is 10.5 Å². The van der Waals surface area contributed by atoms with Crippen LogP contribution in [0.3, 0.4) is 0 Å². The zero-order valence-electron chi connectivity index (χ0n) is 14.9. The first-order valence-electron chi connectivity index (χ1n) is 7.96. The molecule has 7 nitrogen and oxygen atoms in total. The number of anilines is 2. The van der Waals surface area contributed by atoms with Crippen molar-refractivity contribution >= 4 is 17.3 Å². The van der Waals surface area contributed by atoms with Crippen LogP contribution in [0, 0.1) is 11.6 Å². The fourth-order valence-corrected chi connectivity index (χ4v) is 2.58. The monoisotopic (exact) mass is 373 g/mol. The van der Waals surface area contributed by atoms with Crippen LogP contribution < -0.4 is 15.4 Å². The highest BCUT2D eigenvalue weighted by molar-refractivity contribution is 6.03. The first-order valence-corrected chi connectivity index (χ1v) is 7.96. The van der Waals surface area contributed by atoms with Gasteiger partial charge in [-0.2, -0.15) is 5.10 Å². The second-order valence-corrected chi connectivity index (χ2v) is 5.61. The summed E-state index contributed by atoms with van der Waals surface area (Å²) in [5, 5.41) is 9.38. The Morgan fingerprint density at radius 3 is 2.56 bits per heavy atom. The molecule has 0 aliphatic rings. The Hall–Kier alpha value is -3.49. The molecule has 0 fully saturated rings. The van der Waals surface area contributed by atoms with Crippen LogP contribution in [0.2, 0.25) is 0 Å². The van der Waals surface area contributed by atoms with Crippen LogP contribution in [-0.2, 0) is 7.05 Å². The van der Waals surface area contributed by atoms with E-state index in [1.165, 1.54) is 23.9 Å². The number of methoxy groups -OCH3 is 1. The van der Waals surface area contributed by atoms with Gasteiger partial charge in [-0.25, -0.2) is 13.8 Å². The van der Waals surface area contributed by atoms with Gasteiger partial charge in [0.2, 0.25) is 5.88 Å². The quantitative estimate of drug-likeness (QED) is 0.718. The van der Waals surface area contributed by atoms with Gasteiger partial charge >= 0.3 is 0 Å². The van der Waals surface area contributed by atoms with E-state index in [0.717, 1.165) is 17.8 Å². The molecule has 2 heterocycles. The molecule has 0 aliphatic carbocycles. The molecule has 2 N–H and O–H groups in total. The van der Waals surface area contributed by atoms with Crippen molar-refractivity contribution in [2.24, 2.45) is 7.05 Å². The SMILES string of the molecule is CNc1cc(OC)ncc1-c1cc(C(=O)Nc2c(F)cccc2F)nn1C. The van der Waals surface area contributed by atoms with E-state index in [0.29, 0.717) is 17.1 Å². The van der Waals surface area contributed by atoms with Crippen molar-refractivity contribution in [3.8, 4) is 17.1 Å². The molecule has 1 aromatic carbocycles. The zero-order chi connectivity index (χ0) is 19.6. The number of carbonyl (C=O) groups excluding carboxylic acids is 1. The average molecular weight is 373 g/mol. The molecule has 0 bridgehead atoms. The number of ether oxygens (including phenoxy) is 1. The van der Waals surface area contributed by atoms with E-state index in [4.69, 9.17) is 4.74 Å². The van der Waals surface area contributed by atoms with Gasteiger partial charge in [0, 0.05) is 31.9 Å². The minimum absolute atomic E-state index is 0.00743. The predicted octanol–water partition coefficient (Wildman–Crippen LogP) is 3.06. The molecule has 9 heteroatoms. The van der Waals surface area contributed by atoms with Gasteiger partial charge in [-0.15, -0.1) is 0 Å². The largest absolute Gasteiger partial charge is 0.481 e. The van der Waals surface area contributed by atoms with Crippen LogP contribution in [0.15, 0.2) is 36.5 Å². The molecule has 0 saturated carbocycles. The Morgan fingerprint density at radius 1 is 1.22 bits per heavy atom. The summed E-state index contributed by atoms with van der Waals surface area (Å²) in [7, 11) is 4.90. The fraction of sp³-hybridized carbons (Fsp3) is 0.167. The zero-order valence-corrected chi connectivity index (χ0v) is 14.9. The van der Waals surface area contributed by atoms with Crippen LogP contribution in [-0.4, -0.2) is 34.8 Å². The van der Waals surface area contributed by atoms with E-state index in [-0.39, 0.29) is 5.69 Å². The Labute approximate surface area is 154 Å². The first kappa shape index (κ1) is 18.3. The number of amides is 1. The highest BCUT2D eigenvalue weighted by Crippen LogP contribution is 2.30. The lowest BCUT2D eigenvalue weighted by Gasteiger charge is -2.10. The number of hydrogen-bond acceptors (Lipinski definition) is 5. The van der Waals surface area contributed by atoms with Gasteiger partial charge in [0.15, 0.2) is 5.69 Å². The molecule has 0 spiro atoms. The van der Waals surface area contributed by atoms with Gasteiger partial charge in [0.1, 0.15) is 17.3 Å². The second-order valence-electron chi connectivity index (χ2n) is 5.61. The fourth-order valence-electron chi connectivity index (χ4n) is 2.58. The van der Waals surface area contributed by atoms with E-state index in [1.54, 1.807) is 26.4 Å². The van der Waals surface area contributed by atoms with E-state index >= 15 is 0 Å². The topological polar surface area (TPSA) is 81.1 Å². The van der Waals surface area contributed by atoms with Gasteiger partial charge in [-0.1, -0.05) is 6.07 Å². The third-order valence-corrected chi connectivity index (χ3v) is 3.95. The molecule has 140 valence electrons. The molecule has 2 aromatic heterocycles. The number of hydrogen-bond donors (Lipinski definition) is 2. The maximum atomic E-state index is 13.7. The number of nitrogens with zero attached hydrogens (tertiary/aromatic N) is 3. The number of aromatic nitrogens is 3. The molecule has 3 aromatic rings. The number of carbonyl (C=O) groups is 1. The number of nitrogens with one attached hydrogen (secondary N) is 2. The molecule has 0 radical (unpaired) electrons. The van der Waals surface area contributed by atoms with Crippen molar-refractivity contribution in [1.29, 1.82) is 0 Å². The molecule has 0 saturated heterocycles. The minimum atomic E-state index is -0.865. The molecule has 1 amide bonds. The standard InChI is InChI=1S/C18H17F2N5O2/c1-21-13-8-16(27-3)22-9-10(13)15-7-14(24-25(15)2)18(26)23-17-11(19)5-4-6-12(17)20/h4-9H,1-3H3,(H,21,22)(H,23,26). The van der Waals surface area contributed by atoms with Gasteiger partial charge in [0.05, 0.1) is 18.5 Å². The summed E-state index contributed by atoms with van der Waals surface area (Å²) in [5.74, 6) is -2.03. The average Bonchev–Trinajstić information content (AvgIpc) is 3.05. The van der Waals surface area contributed by atoms with Crippen molar-refractivity contribution < 1.29 is 18.3 Å².